The number of aromatic nitrogens is 1. The zero-order valence-corrected chi connectivity index (χ0v) is 29.1. The van der Waals surface area contributed by atoms with Crippen LogP contribution in [0.1, 0.15) is 142 Å². The summed E-state index contributed by atoms with van der Waals surface area (Å²) in [7, 11) is -4.50. The summed E-state index contributed by atoms with van der Waals surface area (Å²) in [4.78, 5) is 23.0. The molecule has 10 heteroatoms. The van der Waals surface area contributed by atoms with Crippen molar-refractivity contribution in [3.8, 4) is 0 Å². The van der Waals surface area contributed by atoms with Crippen LogP contribution in [0.2, 0.25) is 0 Å². The number of aliphatic carboxylic acids is 1. The number of ether oxygens (including phenoxy) is 2. The molecule has 0 saturated heterocycles. The second-order valence-electron chi connectivity index (χ2n) is 12.1. The largest absolute Gasteiger partial charge is 0.756 e. The summed E-state index contributed by atoms with van der Waals surface area (Å²) in [6.07, 6.45) is 28.1. The summed E-state index contributed by atoms with van der Waals surface area (Å²) < 4.78 is 35.7. The zero-order valence-electron chi connectivity index (χ0n) is 28.3. The molecule has 0 spiro atoms. The molecule has 0 aliphatic heterocycles. The minimum atomic E-state index is -4.50. The SMILES string of the molecule is CCCCCCCCCCCCCCCCCCCCOCC(COP(=O)([O-])OCC[n+]1ccccc1)OCCCCC(=O)O. The minimum absolute atomic E-state index is 0.0357. The van der Waals surface area contributed by atoms with Gasteiger partial charge in [-0.25, -0.2) is 4.57 Å². The molecule has 262 valence electrons. The molecule has 45 heavy (non-hydrogen) atoms. The van der Waals surface area contributed by atoms with Crippen molar-refractivity contribution in [1.82, 2.24) is 0 Å². The van der Waals surface area contributed by atoms with Gasteiger partial charge in [-0.2, -0.15) is 0 Å². The van der Waals surface area contributed by atoms with Crippen molar-refractivity contribution < 1.29 is 42.4 Å². The van der Waals surface area contributed by atoms with Gasteiger partial charge in [-0.15, -0.1) is 0 Å². The van der Waals surface area contributed by atoms with Crippen molar-refractivity contribution in [2.24, 2.45) is 0 Å². The summed E-state index contributed by atoms with van der Waals surface area (Å²) in [6, 6.07) is 5.59. The Labute approximate surface area is 274 Å². The van der Waals surface area contributed by atoms with E-state index in [1.807, 2.05) is 35.2 Å². The molecule has 0 aliphatic carbocycles. The maximum absolute atomic E-state index is 12.2. The Balaban J connectivity index is 2.08. The van der Waals surface area contributed by atoms with Gasteiger partial charge >= 0.3 is 5.97 Å². The van der Waals surface area contributed by atoms with Crippen LogP contribution in [0.3, 0.4) is 0 Å². The molecule has 1 heterocycles. The Bertz CT molecular complexity index is 844. The highest BCUT2D eigenvalue weighted by molar-refractivity contribution is 7.45. The number of pyridine rings is 1. The fraction of sp³-hybridized carbons (Fsp3) is 0.829. The predicted molar refractivity (Wildman–Crippen MR) is 177 cm³/mol. The van der Waals surface area contributed by atoms with Crippen LogP contribution in [0.25, 0.3) is 0 Å². The van der Waals surface area contributed by atoms with E-state index in [9.17, 15) is 14.3 Å². The summed E-state index contributed by atoms with van der Waals surface area (Å²) in [5, 5.41) is 8.81. The van der Waals surface area contributed by atoms with E-state index >= 15 is 0 Å². The molecular weight excluding hydrogens is 593 g/mol. The van der Waals surface area contributed by atoms with Gasteiger partial charge < -0.3 is 28.5 Å². The van der Waals surface area contributed by atoms with Gasteiger partial charge in [-0.05, 0) is 19.3 Å². The predicted octanol–water partition coefficient (Wildman–Crippen LogP) is 8.17. The molecule has 0 radical (unpaired) electrons. The van der Waals surface area contributed by atoms with Crippen LogP contribution in [0.5, 0.6) is 0 Å². The Kier molecular flexibility index (Phi) is 27.8. The van der Waals surface area contributed by atoms with Crippen LogP contribution in [-0.4, -0.2) is 50.2 Å². The quantitative estimate of drug-likeness (QED) is 0.0448. The number of carboxylic acids is 1. The second kappa shape index (κ2) is 30.0. The second-order valence-corrected chi connectivity index (χ2v) is 13.5. The van der Waals surface area contributed by atoms with Gasteiger partial charge in [0.05, 0.1) is 13.2 Å². The van der Waals surface area contributed by atoms with Crippen molar-refractivity contribution >= 4 is 13.8 Å². The van der Waals surface area contributed by atoms with Gasteiger partial charge in [0.15, 0.2) is 18.9 Å². The molecular formula is C35H64NO8P. The third kappa shape index (κ3) is 28.6. The minimum Gasteiger partial charge on any atom is -0.756 e. The van der Waals surface area contributed by atoms with Crippen LogP contribution in [0.4, 0.5) is 0 Å². The standard InChI is InChI=1S/C35H64NO8P/c1-2-3-4-5-6-7-8-9-10-11-12-13-14-15-16-17-18-23-29-41-32-34(42-30-24-20-25-35(37)38)33-44-45(39,40)43-31-28-36-26-21-19-22-27-36/h19,21-22,26-27,34H,2-18,20,23-25,28-33H2,1H3,(H-,37,38,39,40). The Morgan fingerprint density at radius 1 is 0.689 bits per heavy atom. The van der Waals surface area contributed by atoms with Gasteiger partial charge in [0.1, 0.15) is 12.7 Å². The number of hydrogen-bond donors (Lipinski definition) is 1. The molecule has 2 atom stereocenters. The molecule has 1 aromatic rings. The lowest BCUT2D eigenvalue weighted by Gasteiger charge is -2.25. The molecule has 0 amide bonds. The average Bonchev–Trinajstić information content (AvgIpc) is 3.02. The number of nitrogens with zero attached hydrogens (tertiary/aromatic N) is 1. The van der Waals surface area contributed by atoms with Gasteiger partial charge in [-0.1, -0.05) is 122 Å². The van der Waals surface area contributed by atoms with Gasteiger partial charge in [0.2, 0.25) is 0 Å². The first-order valence-corrected chi connectivity index (χ1v) is 19.3. The van der Waals surface area contributed by atoms with Crippen LogP contribution in [0.15, 0.2) is 30.6 Å². The van der Waals surface area contributed by atoms with E-state index in [0.717, 1.165) is 12.8 Å². The molecule has 9 nitrogen and oxygen atoms in total. The van der Waals surface area contributed by atoms with Crippen LogP contribution in [-0.2, 0) is 34.4 Å². The van der Waals surface area contributed by atoms with Crippen molar-refractivity contribution in [2.45, 2.75) is 154 Å². The number of phosphoric acid groups is 1. The third-order valence-corrected chi connectivity index (χ3v) is 8.84. The zero-order chi connectivity index (χ0) is 32.7. The molecule has 0 aliphatic rings. The van der Waals surface area contributed by atoms with Crippen LogP contribution in [0, 0.1) is 0 Å². The first-order valence-electron chi connectivity index (χ1n) is 17.9. The van der Waals surface area contributed by atoms with Crippen molar-refractivity contribution in [3.05, 3.63) is 30.6 Å². The van der Waals surface area contributed by atoms with Crippen molar-refractivity contribution in [1.29, 1.82) is 0 Å². The summed E-state index contributed by atoms with van der Waals surface area (Å²) >= 11 is 0. The number of carboxylic acid groups (broad SMARTS) is 1. The molecule has 0 fully saturated rings. The summed E-state index contributed by atoms with van der Waals surface area (Å²) in [5.74, 6) is -0.847. The fourth-order valence-corrected chi connectivity index (χ4v) is 5.87. The van der Waals surface area contributed by atoms with Gasteiger partial charge in [0.25, 0.3) is 7.82 Å². The van der Waals surface area contributed by atoms with E-state index in [4.69, 9.17) is 23.6 Å². The molecule has 0 bridgehead atoms. The maximum Gasteiger partial charge on any atom is 0.303 e. The third-order valence-electron chi connectivity index (χ3n) is 7.88. The Hall–Kier alpha value is -1.35. The van der Waals surface area contributed by atoms with E-state index in [1.54, 1.807) is 0 Å². The van der Waals surface area contributed by atoms with E-state index in [0.29, 0.717) is 32.6 Å². The highest BCUT2D eigenvalue weighted by Crippen LogP contribution is 2.38. The molecule has 0 saturated carbocycles. The first kappa shape index (κ1) is 41.7. The molecule has 2 unspecified atom stereocenters. The maximum atomic E-state index is 12.2. The van der Waals surface area contributed by atoms with Gasteiger partial charge in [-0.3, -0.25) is 9.36 Å². The monoisotopic (exact) mass is 657 g/mol. The number of phosphoric ester groups is 1. The summed E-state index contributed by atoms with van der Waals surface area (Å²) in [5.41, 5.74) is 0. The van der Waals surface area contributed by atoms with Crippen LogP contribution < -0.4 is 9.46 Å². The van der Waals surface area contributed by atoms with Crippen molar-refractivity contribution in [2.75, 3.05) is 33.0 Å². The molecule has 1 rings (SSSR count). The number of carbonyl (C=O) groups is 1. The van der Waals surface area contributed by atoms with Crippen LogP contribution >= 0.6 is 7.82 Å². The van der Waals surface area contributed by atoms with Gasteiger partial charge in [0, 0.05) is 31.8 Å². The number of hydrogen-bond acceptors (Lipinski definition) is 7. The number of rotatable bonds is 34. The number of unbranched alkanes of at least 4 members (excludes halogenated alkanes) is 18. The lowest BCUT2D eigenvalue weighted by Crippen LogP contribution is -2.35. The van der Waals surface area contributed by atoms with E-state index in [1.165, 1.54) is 103 Å². The van der Waals surface area contributed by atoms with E-state index in [-0.39, 0.29) is 26.2 Å². The van der Waals surface area contributed by atoms with Crippen molar-refractivity contribution in [3.63, 3.8) is 0 Å². The average molecular weight is 658 g/mol. The Morgan fingerprint density at radius 3 is 1.73 bits per heavy atom. The topological polar surface area (TPSA) is 118 Å². The molecule has 0 aromatic carbocycles. The van der Waals surface area contributed by atoms with E-state index < -0.39 is 19.9 Å². The lowest BCUT2D eigenvalue weighted by atomic mass is 10.0. The normalized spacial score (nSPS) is 13.6. The lowest BCUT2D eigenvalue weighted by molar-refractivity contribution is -0.697. The van der Waals surface area contributed by atoms with E-state index in [2.05, 4.69) is 6.92 Å². The fourth-order valence-electron chi connectivity index (χ4n) is 5.15. The summed E-state index contributed by atoms with van der Waals surface area (Å²) in [6.45, 7) is 3.50. The Morgan fingerprint density at radius 2 is 1.20 bits per heavy atom. The highest BCUT2D eigenvalue weighted by Gasteiger charge is 2.17. The smallest absolute Gasteiger partial charge is 0.303 e. The molecule has 1 aromatic heterocycles. The first-order chi connectivity index (χ1) is 21.9. The highest BCUT2D eigenvalue weighted by atomic mass is 31.2. The molecule has 1 N–H and O–H groups in total.